The first-order valence-corrected chi connectivity index (χ1v) is 7.56. The summed E-state index contributed by atoms with van der Waals surface area (Å²) in [4.78, 5) is 16.0. The van der Waals surface area contributed by atoms with Crippen LogP contribution < -0.4 is 0 Å². The molecule has 2 aromatic heterocycles. The average Bonchev–Trinajstić information content (AvgIpc) is 2.86. The van der Waals surface area contributed by atoms with E-state index in [9.17, 15) is 4.79 Å². The second-order valence-electron chi connectivity index (χ2n) is 3.50. The van der Waals surface area contributed by atoms with E-state index in [4.69, 9.17) is 5.11 Å². The van der Waals surface area contributed by atoms with Crippen molar-refractivity contribution in [2.75, 3.05) is 0 Å². The van der Waals surface area contributed by atoms with E-state index in [2.05, 4.69) is 20.9 Å². The summed E-state index contributed by atoms with van der Waals surface area (Å²) in [5.41, 5.74) is 0.982. The molecule has 0 radical (unpaired) electrons. The van der Waals surface area contributed by atoms with Crippen LogP contribution in [-0.4, -0.2) is 16.1 Å². The molecule has 2 aromatic rings. The summed E-state index contributed by atoms with van der Waals surface area (Å²) in [6.07, 6.45) is 1.58. The largest absolute Gasteiger partial charge is 0.481 e. The number of hydrogen-bond acceptors (Lipinski definition) is 4. The first kappa shape index (κ1) is 12.7. The molecule has 0 spiro atoms. The number of carbonyl (C=O) groups is 1. The fourth-order valence-electron chi connectivity index (χ4n) is 1.38. The molecule has 0 aromatic carbocycles. The van der Waals surface area contributed by atoms with Crippen molar-refractivity contribution in [1.82, 2.24) is 4.98 Å². The van der Waals surface area contributed by atoms with Crippen LogP contribution in [0.4, 0.5) is 0 Å². The van der Waals surface area contributed by atoms with Crippen molar-refractivity contribution >= 4 is 44.6 Å². The second-order valence-corrected chi connectivity index (χ2v) is 6.82. The normalized spacial score (nSPS) is 10.6. The van der Waals surface area contributed by atoms with Gasteiger partial charge >= 0.3 is 5.97 Å². The highest BCUT2D eigenvalue weighted by molar-refractivity contribution is 9.11. The molecule has 0 saturated carbocycles. The number of carboxylic acid groups (broad SMARTS) is 1. The molecule has 0 fully saturated rings. The second kappa shape index (κ2) is 5.75. The summed E-state index contributed by atoms with van der Waals surface area (Å²) in [5, 5.41) is 11.6. The molecule has 0 atom stereocenters. The topological polar surface area (TPSA) is 50.2 Å². The van der Waals surface area contributed by atoms with Gasteiger partial charge in [0.15, 0.2) is 0 Å². The average molecular weight is 332 g/mol. The third kappa shape index (κ3) is 3.62. The van der Waals surface area contributed by atoms with E-state index in [1.807, 2.05) is 17.5 Å². The molecule has 0 aliphatic rings. The molecule has 2 heterocycles. The van der Waals surface area contributed by atoms with Crippen LogP contribution in [0, 0.1) is 0 Å². The lowest BCUT2D eigenvalue weighted by molar-refractivity contribution is -0.137. The van der Waals surface area contributed by atoms with Crippen LogP contribution in [0.15, 0.2) is 21.3 Å². The highest BCUT2D eigenvalue weighted by Gasteiger charge is 2.07. The van der Waals surface area contributed by atoms with E-state index in [0.29, 0.717) is 6.42 Å². The lowest BCUT2D eigenvalue weighted by atomic mass is 10.2. The van der Waals surface area contributed by atoms with Crippen LogP contribution in [0.1, 0.15) is 18.5 Å². The summed E-state index contributed by atoms with van der Waals surface area (Å²) in [5.74, 6) is -0.748. The molecular weight excluding hydrogens is 322 g/mol. The van der Waals surface area contributed by atoms with Gasteiger partial charge in [0.25, 0.3) is 0 Å². The highest BCUT2D eigenvalue weighted by atomic mass is 79.9. The Hall–Kier alpha value is -0.720. The number of nitrogens with zero attached hydrogens (tertiary/aromatic N) is 1. The zero-order valence-electron chi connectivity index (χ0n) is 8.85. The van der Waals surface area contributed by atoms with E-state index in [1.165, 1.54) is 0 Å². The maximum atomic E-state index is 10.4. The molecule has 0 aliphatic heterocycles. The van der Waals surface area contributed by atoms with Crippen LogP contribution in [0.25, 0.3) is 9.88 Å². The van der Waals surface area contributed by atoms with Crippen LogP contribution in [0.3, 0.4) is 0 Å². The number of rotatable bonds is 5. The number of halogens is 1. The Kier molecular flexibility index (Phi) is 4.31. The maximum absolute atomic E-state index is 10.4. The molecular formula is C11H10BrNO2S2. The molecule has 1 N–H and O–H groups in total. The smallest absolute Gasteiger partial charge is 0.303 e. The summed E-state index contributed by atoms with van der Waals surface area (Å²) in [6, 6.07) is 4.04. The Morgan fingerprint density at radius 1 is 1.47 bits per heavy atom. The van der Waals surface area contributed by atoms with Gasteiger partial charge in [0, 0.05) is 11.8 Å². The minimum atomic E-state index is -0.748. The number of aliphatic carboxylic acids is 1. The SMILES string of the molecule is O=C(O)CCCc1csc(-c2ccc(Br)s2)n1. The van der Waals surface area contributed by atoms with Crippen LogP contribution in [0.5, 0.6) is 0 Å². The molecule has 2 rings (SSSR count). The van der Waals surface area contributed by atoms with Crippen LogP contribution in [-0.2, 0) is 11.2 Å². The zero-order valence-corrected chi connectivity index (χ0v) is 12.1. The summed E-state index contributed by atoms with van der Waals surface area (Å²) < 4.78 is 1.09. The Balaban J connectivity index is 1.98. The number of aryl methyl sites for hydroxylation is 1. The van der Waals surface area contributed by atoms with Crippen LogP contribution >= 0.6 is 38.6 Å². The number of thiazole rings is 1. The molecule has 3 nitrogen and oxygen atoms in total. The first-order valence-electron chi connectivity index (χ1n) is 5.07. The maximum Gasteiger partial charge on any atom is 0.303 e. The Morgan fingerprint density at radius 2 is 2.29 bits per heavy atom. The number of aromatic nitrogens is 1. The van der Waals surface area contributed by atoms with Crippen molar-refractivity contribution < 1.29 is 9.90 Å². The van der Waals surface area contributed by atoms with Crippen molar-refractivity contribution in [3.63, 3.8) is 0 Å². The molecule has 90 valence electrons. The van der Waals surface area contributed by atoms with Crippen molar-refractivity contribution in [1.29, 1.82) is 0 Å². The van der Waals surface area contributed by atoms with E-state index < -0.39 is 5.97 Å². The molecule has 6 heteroatoms. The molecule has 0 amide bonds. The van der Waals surface area contributed by atoms with Gasteiger partial charge in [0.2, 0.25) is 0 Å². The minimum Gasteiger partial charge on any atom is -0.481 e. The van der Waals surface area contributed by atoms with Crippen molar-refractivity contribution in [2.45, 2.75) is 19.3 Å². The summed E-state index contributed by atoms with van der Waals surface area (Å²) >= 11 is 6.68. The predicted molar refractivity (Wildman–Crippen MR) is 73.7 cm³/mol. The number of hydrogen-bond donors (Lipinski definition) is 1. The van der Waals surface area contributed by atoms with Gasteiger partial charge in [0.1, 0.15) is 5.01 Å². The van der Waals surface area contributed by atoms with Crippen molar-refractivity contribution in [3.8, 4) is 9.88 Å². The Labute approximate surface area is 115 Å². The van der Waals surface area contributed by atoms with E-state index >= 15 is 0 Å². The van der Waals surface area contributed by atoms with Gasteiger partial charge in [-0.15, -0.1) is 22.7 Å². The third-order valence-corrected chi connectivity index (χ3v) is 4.84. The fraction of sp³-hybridized carbons (Fsp3) is 0.273. The lowest BCUT2D eigenvalue weighted by Crippen LogP contribution is -1.95. The fourth-order valence-corrected chi connectivity index (χ4v) is 3.70. The first-order chi connectivity index (χ1) is 8.15. The highest BCUT2D eigenvalue weighted by Crippen LogP contribution is 2.33. The van der Waals surface area contributed by atoms with E-state index in [1.54, 1.807) is 22.7 Å². The van der Waals surface area contributed by atoms with Gasteiger partial charge in [-0.25, -0.2) is 4.98 Å². The summed E-state index contributed by atoms with van der Waals surface area (Å²) in [6.45, 7) is 0. The van der Waals surface area contributed by atoms with Gasteiger partial charge in [-0.1, -0.05) is 0 Å². The summed E-state index contributed by atoms with van der Waals surface area (Å²) in [7, 11) is 0. The van der Waals surface area contributed by atoms with Gasteiger partial charge in [-0.2, -0.15) is 0 Å². The lowest BCUT2D eigenvalue weighted by Gasteiger charge is -1.93. The molecule has 0 bridgehead atoms. The Bertz CT molecular complexity index is 521. The quantitative estimate of drug-likeness (QED) is 0.899. The zero-order chi connectivity index (χ0) is 12.3. The number of thiophene rings is 1. The van der Waals surface area contributed by atoms with Gasteiger partial charge < -0.3 is 5.11 Å². The van der Waals surface area contributed by atoms with E-state index in [-0.39, 0.29) is 6.42 Å². The van der Waals surface area contributed by atoms with Crippen molar-refractivity contribution in [3.05, 3.63) is 27.0 Å². The van der Waals surface area contributed by atoms with Gasteiger partial charge in [0.05, 0.1) is 14.4 Å². The molecule has 0 unspecified atom stereocenters. The minimum absolute atomic E-state index is 0.206. The van der Waals surface area contributed by atoms with Crippen LogP contribution in [0.2, 0.25) is 0 Å². The predicted octanol–water partition coefficient (Wildman–Crippen LogP) is 4.04. The molecule has 0 aliphatic carbocycles. The van der Waals surface area contributed by atoms with Crippen molar-refractivity contribution in [2.24, 2.45) is 0 Å². The monoisotopic (exact) mass is 331 g/mol. The van der Waals surface area contributed by atoms with Gasteiger partial charge in [-0.05, 0) is 40.9 Å². The van der Waals surface area contributed by atoms with E-state index in [0.717, 1.165) is 25.8 Å². The number of carboxylic acids is 1. The van der Waals surface area contributed by atoms with Gasteiger partial charge in [-0.3, -0.25) is 4.79 Å². The third-order valence-electron chi connectivity index (χ3n) is 2.16. The molecule has 17 heavy (non-hydrogen) atoms. The Morgan fingerprint density at radius 3 is 2.94 bits per heavy atom. The molecule has 0 saturated heterocycles. The standard InChI is InChI=1S/C11H10BrNO2S2/c12-9-5-4-8(17-9)11-13-7(6-16-11)2-1-3-10(14)15/h4-6H,1-3H2,(H,14,15).